The Bertz CT molecular complexity index is 609. The maximum Gasteiger partial charge on any atom is 0.226 e. The van der Waals surface area contributed by atoms with E-state index in [0.717, 1.165) is 57.4 Å². The number of nitrogens with zero attached hydrogens (tertiary/aromatic N) is 1. The molecule has 25 heavy (non-hydrogen) atoms. The van der Waals surface area contributed by atoms with Crippen LogP contribution in [0.15, 0.2) is 24.3 Å². The standard InChI is InChI=1S/C20H26FNO3/c21-15-4-1-3-14(11-15)18-12-19(18)20(23)22-8-6-16(7-9-22)25-13-17-5-2-10-24-17/h1,3-4,11,16-19H,2,5-10,12-13H2/t17-,18+,19+/m0/s1. The number of likely N-dealkylation sites (tertiary alicyclic amines) is 1. The van der Waals surface area contributed by atoms with Gasteiger partial charge in [0.15, 0.2) is 0 Å². The van der Waals surface area contributed by atoms with Crippen molar-refractivity contribution in [1.82, 2.24) is 4.90 Å². The Balaban J connectivity index is 1.22. The second-order valence-corrected chi connectivity index (χ2v) is 7.50. The number of hydrogen-bond acceptors (Lipinski definition) is 3. The van der Waals surface area contributed by atoms with Crippen LogP contribution >= 0.6 is 0 Å². The van der Waals surface area contributed by atoms with Crippen molar-refractivity contribution in [3.63, 3.8) is 0 Å². The Morgan fingerprint density at radius 3 is 2.84 bits per heavy atom. The minimum Gasteiger partial charge on any atom is -0.376 e. The van der Waals surface area contributed by atoms with Crippen LogP contribution in [0.3, 0.4) is 0 Å². The molecule has 2 aliphatic heterocycles. The minimum atomic E-state index is -0.222. The Labute approximate surface area is 148 Å². The van der Waals surface area contributed by atoms with Gasteiger partial charge in [0.2, 0.25) is 5.91 Å². The first kappa shape index (κ1) is 17.0. The van der Waals surface area contributed by atoms with E-state index in [0.29, 0.717) is 6.61 Å². The van der Waals surface area contributed by atoms with Crippen molar-refractivity contribution >= 4 is 5.91 Å². The average Bonchev–Trinajstić information content (AvgIpc) is 3.27. The quantitative estimate of drug-likeness (QED) is 0.821. The lowest BCUT2D eigenvalue weighted by molar-refractivity contribution is -0.135. The first-order valence-corrected chi connectivity index (χ1v) is 9.48. The molecule has 2 heterocycles. The van der Waals surface area contributed by atoms with E-state index >= 15 is 0 Å². The third-order valence-electron chi connectivity index (χ3n) is 5.68. The van der Waals surface area contributed by atoms with Crippen LogP contribution in [0.25, 0.3) is 0 Å². The van der Waals surface area contributed by atoms with Crippen molar-refractivity contribution in [3.05, 3.63) is 35.6 Å². The van der Waals surface area contributed by atoms with Gasteiger partial charge < -0.3 is 14.4 Å². The van der Waals surface area contributed by atoms with Crippen molar-refractivity contribution < 1.29 is 18.7 Å². The van der Waals surface area contributed by atoms with Gasteiger partial charge in [0.25, 0.3) is 0 Å². The first-order valence-electron chi connectivity index (χ1n) is 9.48. The highest BCUT2D eigenvalue weighted by atomic mass is 19.1. The molecule has 0 bridgehead atoms. The zero-order chi connectivity index (χ0) is 17.2. The van der Waals surface area contributed by atoms with Crippen molar-refractivity contribution in [2.24, 2.45) is 5.92 Å². The van der Waals surface area contributed by atoms with Gasteiger partial charge in [-0.3, -0.25) is 4.79 Å². The topological polar surface area (TPSA) is 38.8 Å². The molecule has 1 aromatic rings. The number of ether oxygens (including phenoxy) is 2. The first-order chi connectivity index (χ1) is 12.2. The molecule has 1 saturated carbocycles. The Hall–Kier alpha value is -1.46. The van der Waals surface area contributed by atoms with E-state index in [2.05, 4.69) is 0 Å². The monoisotopic (exact) mass is 347 g/mol. The van der Waals surface area contributed by atoms with E-state index in [1.807, 2.05) is 11.0 Å². The maximum absolute atomic E-state index is 13.3. The number of rotatable bonds is 5. The molecule has 1 amide bonds. The summed E-state index contributed by atoms with van der Waals surface area (Å²) in [5.41, 5.74) is 0.952. The molecule has 1 aromatic carbocycles. The summed E-state index contributed by atoms with van der Waals surface area (Å²) >= 11 is 0. The number of piperidine rings is 1. The number of carbonyl (C=O) groups excluding carboxylic acids is 1. The maximum atomic E-state index is 13.3. The summed E-state index contributed by atoms with van der Waals surface area (Å²) < 4.78 is 24.9. The van der Waals surface area contributed by atoms with Crippen LogP contribution in [0.1, 0.15) is 43.6 Å². The molecule has 0 N–H and O–H groups in total. The van der Waals surface area contributed by atoms with E-state index in [1.54, 1.807) is 12.1 Å². The second kappa shape index (κ2) is 7.42. The van der Waals surface area contributed by atoms with Crippen LogP contribution in [0.4, 0.5) is 4.39 Å². The summed E-state index contributed by atoms with van der Waals surface area (Å²) in [6.07, 6.45) is 5.38. The van der Waals surface area contributed by atoms with Crippen LogP contribution in [0.5, 0.6) is 0 Å². The fraction of sp³-hybridized carbons (Fsp3) is 0.650. The summed E-state index contributed by atoms with van der Waals surface area (Å²) in [6, 6.07) is 6.65. The highest BCUT2D eigenvalue weighted by Crippen LogP contribution is 2.48. The van der Waals surface area contributed by atoms with Gasteiger partial charge in [0.05, 0.1) is 18.8 Å². The predicted octanol–water partition coefficient (Wildman–Crippen LogP) is 3.12. The van der Waals surface area contributed by atoms with E-state index < -0.39 is 0 Å². The molecule has 136 valence electrons. The zero-order valence-electron chi connectivity index (χ0n) is 14.5. The van der Waals surface area contributed by atoms with Gasteiger partial charge in [-0.25, -0.2) is 4.39 Å². The van der Waals surface area contributed by atoms with Gasteiger partial charge in [-0.1, -0.05) is 12.1 Å². The van der Waals surface area contributed by atoms with Crippen LogP contribution in [-0.2, 0) is 14.3 Å². The third kappa shape index (κ3) is 4.04. The number of benzene rings is 1. The molecule has 3 fully saturated rings. The lowest BCUT2D eigenvalue weighted by atomic mass is 10.1. The summed E-state index contributed by atoms with van der Waals surface area (Å²) in [5, 5.41) is 0. The van der Waals surface area contributed by atoms with Crippen molar-refractivity contribution in [2.45, 2.75) is 50.2 Å². The van der Waals surface area contributed by atoms with Gasteiger partial charge in [-0.2, -0.15) is 0 Å². The SMILES string of the molecule is O=C([C@@H]1C[C@@H]1c1cccc(F)c1)N1CCC(OC[C@@H]2CCCO2)CC1. The fourth-order valence-corrected chi connectivity index (χ4v) is 4.07. The van der Waals surface area contributed by atoms with E-state index in [4.69, 9.17) is 9.47 Å². The van der Waals surface area contributed by atoms with Crippen molar-refractivity contribution in [2.75, 3.05) is 26.3 Å². The van der Waals surface area contributed by atoms with E-state index in [1.165, 1.54) is 6.07 Å². The molecule has 0 aromatic heterocycles. The van der Waals surface area contributed by atoms with Gasteiger partial charge in [-0.15, -0.1) is 0 Å². The molecule has 1 aliphatic carbocycles. The highest BCUT2D eigenvalue weighted by Gasteiger charge is 2.46. The Morgan fingerprint density at radius 1 is 1.28 bits per heavy atom. The van der Waals surface area contributed by atoms with E-state index in [-0.39, 0.29) is 35.8 Å². The fourth-order valence-electron chi connectivity index (χ4n) is 4.07. The molecule has 3 aliphatic rings. The van der Waals surface area contributed by atoms with E-state index in [9.17, 15) is 9.18 Å². The molecular weight excluding hydrogens is 321 g/mol. The largest absolute Gasteiger partial charge is 0.376 e. The lowest BCUT2D eigenvalue weighted by Crippen LogP contribution is -2.42. The smallest absolute Gasteiger partial charge is 0.226 e. The summed E-state index contributed by atoms with van der Waals surface area (Å²) in [5.74, 6) is 0.231. The number of hydrogen-bond donors (Lipinski definition) is 0. The molecule has 0 radical (unpaired) electrons. The highest BCUT2D eigenvalue weighted by molar-refractivity contribution is 5.83. The molecule has 3 atom stereocenters. The lowest BCUT2D eigenvalue weighted by Gasteiger charge is -2.32. The second-order valence-electron chi connectivity index (χ2n) is 7.50. The molecule has 4 nitrogen and oxygen atoms in total. The third-order valence-corrected chi connectivity index (χ3v) is 5.68. The zero-order valence-corrected chi connectivity index (χ0v) is 14.5. The summed E-state index contributed by atoms with van der Waals surface area (Å²) in [7, 11) is 0. The Kier molecular flexibility index (Phi) is 5.04. The van der Waals surface area contributed by atoms with Gasteiger partial charge in [0, 0.05) is 25.6 Å². The molecule has 0 spiro atoms. The normalized spacial score (nSPS) is 29.8. The molecule has 0 unspecified atom stereocenters. The number of amides is 1. The number of halogens is 1. The van der Waals surface area contributed by atoms with Gasteiger partial charge >= 0.3 is 0 Å². The summed E-state index contributed by atoms with van der Waals surface area (Å²) in [6.45, 7) is 3.07. The van der Waals surface area contributed by atoms with Gasteiger partial charge in [0.1, 0.15) is 5.82 Å². The van der Waals surface area contributed by atoms with Crippen LogP contribution in [0, 0.1) is 11.7 Å². The van der Waals surface area contributed by atoms with Crippen LogP contribution in [0.2, 0.25) is 0 Å². The summed E-state index contributed by atoms with van der Waals surface area (Å²) in [4.78, 5) is 14.6. The van der Waals surface area contributed by atoms with Gasteiger partial charge in [-0.05, 0) is 55.7 Å². The average molecular weight is 347 g/mol. The van der Waals surface area contributed by atoms with Crippen LogP contribution < -0.4 is 0 Å². The number of carbonyl (C=O) groups is 1. The molecule has 5 heteroatoms. The predicted molar refractivity (Wildman–Crippen MR) is 91.8 cm³/mol. The molecule has 4 rings (SSSR count). The Morgan fingerprint density at radius 2 is 2.12 bits per heavy atom. The van der Waals surface area contributed by atoms with Crippen molar-refractivity contribution in [1.29, 1.82) is 0 Å². The van der Waals surface area contributed by atoms with Crippen molar-refractivity contribution in [3.8, 4) is 0 Å². The molecule has 2 saturated heterocycles. The van der Waals surface area contributed by atoms with Crippen LogP contribution in [-0.4, -0.2) is 49.3 Å². The molecular formula is C20H26FNO3. The minimum absolute atomic E-state index is 0.0335.